The smallest absolute Gasteiger partial charge is 0.284 e. The molecule has 4 N–H and O–H groups in total. The molecule has 0 saturated heterocycles. The summed E-state index contributed by atoms with van der Waals surface area (Å²) in [5.41, 5.74) is 5.61. The van der Waals surface area contributed by atoms with Crippen molar-refractivity contribution in [1.29, 1.82) is 0 Å². The van der Waals surface area contributed by atoms with E-state index in [4.69, 9.17) is 5.84 Å². The second kappa shape index (κ2) is 6.03. The van der Waals surface area contributed by atoms with Crippen molar-refractivity contribution in [3.63, 3.8) is 0 Å². The number of hydrazone groups is 1. The number of hydrogen-bond donors (Lipinski definition) is 3. The topological polar surface area (TPSA) is 92.4 Å². The Morgan fingerprint density at radius 1 is 1.42 bits per heavy atom. The first-order valence-corrected chi connectivity index (χ1v) is 6.08. The molecule has 1 amide bonds. The number of nitrogens with one attached hydrogen (secondary N) is 2. The summed E-state index contributed by atoms with van der Waals surface area (Å²) in [4.78, 5) is 15.1. The molecule has 19 heavy (non-hydrogen) atoms. The van der Waals surface area contributed by atoms with Crippen LogP contribution in [0.15, 0.2) is 34.7 Å². The Bertz CT molecular complexity index is 595. The normalized spacial score (nSPS) is 10.6. The molecule has 1 heterocycles. The van der Waals surface area contributed by atoms with Crippen LogP contribution in [-0.4, -0.2) is 17.1 Å². The largest absolute Gasteiger partial charge is 0.289 e. The van der Waals surface area contributed by atoms with Crippen LogP contribution in [-0.2, 0) is 0 Å². The molecule has 1 aromatic carbocycles. The van der Waals surface area contributed by atoms with Gasteiger partial charge in [0.05, 0.1) is 6.21 Å². The van der Waals surface area contributed by atoms with Crippen molar-refractivity contribution in [1.82, 2.24) is 10.4 Å². The highest BCUT2D eigenvalue weighted by Crippen LogP contribution is 2.14. The van der Waals surface area contributed by atoms with E-state index >= 15 is 0 Å². The zero-order valence-electron chi connectivity index (χ0n) is 9.63. The zero-order chi connectivity index (χ0) is 13.7. The number of hydrazine groups is 1. The second-order valence-electron chi connectivity index (χ2n) is 3.43. The van der Waals surface area contributed by atoms with Crippen LogP contribution in [0, 0.1) is 5.82 Å². The van der Waals surface area contributed by atoms with Crippen molar-refractivity contribution in [2.45, 2.75) is 0 Å². The summed E-state index contributed by atoms with van der Waals surface area (Å²) in [6.07, 6.45) is 1.52. The Morgan fingerprint density at radius 3 is 2.84 bits per heavy atom. The number of hydrogen-bond acceptors (Lipinski definition) is 6. The number of carbonyl (C=O) groups is 1. The van der Waals surface area contributed by atoms with E-state index in [1.54, 1.807) is 17.5 Å². The quantitative estimate of drug-likeness (QED) is 0.341. The van der Waals surface area contributed by atoms with E-state index in [1.807, 2.05) is 5.43 Å². The number of nitrogen functional groups attached to an aromatic ring is 1. The molecule has 8 heteroatoms. The Hall–Kier alpha value is -2.32. The van der Waals surface area contributed by atoms with Gasteiger partial charge in [-0.05, 0) is 17.7 Å². The van der Waals surface area contributed by atoms with Gasteiger partial charge in [-0.3, -0.25) is 15.6 Å². The molecule has 0 spiro atoms. The van der Waals surface area contributed by atoms with Gasteiger partial charge in [-0.25, -0.2) is 15.2 Å². The van der Waals surface area contributed by atoms with E-state index in [1.165, 1.54) is 29.7 Å². The van der Waals surface area contributed by atoms with Crippen LogP contribution in [0.25, 0.3) is 0 Å². The summed E-state index contributed by atoms with van der Waals surface area (Å²) >= 11 is 1.22. The molecule has 0 aliphatic carbocycles. The molecule has 0 fully saturated rings. The predicted octanol–water partition coefficient (Wildman–Crippen LogP) is 1.33. The average Bonchev–Trinajstić information content (AvgIpc) is 2.89. The van der Waals surface area contributed by atoms with Gasteiger partial charge in [-0.1, -0.05) is 12.1 Å². The van der Waals surface area contributed by atoms with Gasteiger partial charge in [-0.15, -0.1) is 11.3 Å². The first kappa shape index (κ1) is 13.1. The molecule has 0 atom stereocenters. The lowest BCUT2D eigenvalue weighted by Gasteiger charge is -1.95. The molecule has 2 rings (SSSR count). The minimum Gasteiger partial charge on any atom is -0.289 e. The summed E-state index contributed by atoms with van der Waals surface area (Å²) in [5.74, 6) is 4.22. The number of halogens is 1. The van der Waals surface area contributed by atoms with E-state index in [0.717, 1.165) is 5.56 Å². The fourth-order valence-electron chi connectivity index (χ4n) is 1.21. The molecule has 0 unspecified atom stereocenters. The van der Waals surface area contributed by atoms with Crippen LogP contribution < -0.4 is 16.7 Å². The molecule has 2 aromatic rings. The van der Waals surface area contributed by atoms with Crippen LogP contribution in [0.3, 0.4) is 0 Å². The van der Waals surface area contributed by atoms with Crippen molar-refractivity contribution in [2.75, 3.05) is 5.43 Å². The standard InChI is InChI=1S/C11H10FN5OS/c12-8-3-1-7(2-4-8)5-14-17-11-15-9(6-19-11)10(18)16-13/h1-6H,13H2,(H,15,17)(H,16,18)/b14-5+. The van der Waals surface area contributed by atoms with E-state index in [0.29, 0.717) is 5.13 Å². The van der Waals surface area contributed by atoms with Crippen LogP contribution in [0.2, 0.25) is 0 Å². The number of benzene rings is 1. The van der Waals surface area contributed by atoms with Gasteiger partial charge in [-0.2, -0.15) is 5.10 Å². The number of rotatable bonds is 4. The Labute approximate surface area is 112 Å². The van der Waals surface area contributed by atoms with Gasteiger partial charge in [0.25, 0.3) is 5.91 Å². The van der Waals surface area contributed by atoms with Crippen LogP contribution in [0.1, 0.15) is 16.1 Å². The molecular weight excluding hydrogens is 269 g/mol. The third-order valence-electron chi connectivity index (χ3n) is 2.11. The average molecular weight is 279 g/mol. The lowest BCUT2D eigenvalue weighted by molar-refractivity contribution is 0.0949. The van der Waals surface area contributed by atoms with Crippen molar-refractivity contribution >= 4 is 28.6 Å². The summed E-state index contributed by atoms with van der Waals surface area (Å²) in [6.45, 7) is 0. The Kier molecular flexibility index (Phi) is 4.16. The lowest BCUT2D eigenvalue weighted by atomic mass is 10.2. The molecule has 1 aromatic heterocycles. The van der Waals surface area contributed by atoms with Crippen LogP contribution >= 0.6 is 11.3 Å². The second-order valence-corrected chi connectivity index (χ2v) is 4.29. The molecule has 6 nitrogen and oxygen atoms in total. The summed E-state index contributed by atoms with van der Waals surface area (Å²) in [5, 5.41) is 5.94. The van der Waals surface area contributed by atoms with Gasteiger partial charge >= 0.3 is 0 Å². The summed E-state index contributed by atoms with van der Waals surface area (Å²) in [7, 11) is 0. The lowest BCUT2D eigenvalue weighted by Crippen LogP contribution is -2.30. The first-order valence-electron chi connectivity index (χ1n) is 5.20. The maximum Gasteiger partial charge on any atom is 0.284 e. The SMILES string of the molecule is NNC(=O)c1csc(N/N=C/c2ccc(F)cc2)n1. The maximum absolute atomic E-state index is 12.7. The molecule has 0 radical (unpaired) electrons. The molecule has 0 bridgehead atoms. The highest BCUT2D eigenvalue weighted by atomic mass is 32.1. The Morgan fingerprint density at radius 2 is 2.16 bits per heavy atom. The van der Waals surface area contributed by atoms with Gasteiger partial charge in [0, 0.05) is 5.38 Å². The minimum absolute atomic E-state index is 0.215. The van der Waals surface area contributed by atoms with Crippen molar-refractivity contribution in [3.05, 3.63) is 46.7 Å². The minimum atomic E-state index is -0.466. The fraction of sp³-hybridized carbons (Fsp3) is 0. The predicted molar refractivity (Wildman–Crippen MR) is 71.4 cm³/mol. The Balaban J connectivity index is 1.96. The molecule has 0 saturated carbocycles. The number of amides is 1. The highest BCUT2D eigenvalue weighted by Gasteiger charge is 2.07. The van der Waals surface area contributed by atoms with Crippen molar-refractivity contribution in [2.24, 2.45) is 10.9 Å². The van der Waals surface area contributed by atoms with Gasteiger partial charge < -0.3 is 0 Å². The van der Waals surface area contributed by atoms with Crippen molar-refractivity contribution < 1.29 is 9.18 Å². The van der Waals surface area contributed by atoms with Gasteiger partial charge in [0.2, 0.25) is 5.13 Å². The number of nitrogens with two attached hydrogens (primary N) is 1. The molecular formula is C11H10FN5OS. The third-order valence-corrected chi connectivity index (χ3v) is 2.86. The molecule has 0 aliphatic heterocycles. The van der Waals surface area contributed by atoms with Gasteiger partial charge in [0.15, 0.2) is 0 Å². The third kappa shape index (κ3) is 3.57. The summed E-state index contributed by atoms with van der Waals surface area (Å²) < 4.78 is 12.7. The van der Waals surface area contributed by atoms with E-state index < -0.39 is 5.91 Å². The van der Waals surface area contributed by atoms with Crippen LogP contribution in [0.4, 0.5) is 9.52 Å². The number of thiazole rings is 1. The highest BCUT2D eigenvalue weighted by molar-refractivity contribution is 7.13. The summed E-state index contributed by atoms with van der Waals surface area (Å²) in [6, 6.07) is 5.87. The molecule has 98 valence electrons. The monoisotopic (exact) mass is 279 g/mol. The molecule has 0 aliphatic rings. The number of anilines is 1. The van der Waals surface area contributed by atoms with Gasteiger partial charge in [0.1, 0.15) is 11.5 Å². The van der Waals surface area contributed by atoms with E-state index in [9.17, 15) is 9.18 Å². The fourth-order valence-corrected chi connectivity index (χ4v) is 1.85. The first-order chi connectivity index (χ1) is 9.19. The number of aromatic nitrogens is 1. The number of nitrogens with zero attached hydrogens (tertiary/aromatic N) is 2. The number of carbonyl (C=O) groups excluding carboxylic acids is 1. The van der Waals surface area contributed by atoms with Crippen molar-refractivity contribution in [3.8, 4) is 0 Å². The van der Waals surface area contributed by atoms with Crippen LogP contribution in [0.5, 0.6) is 0 Å². The zero-order valence-corrected chi connectivity index (χ0v) is 10.4. The van der Waals surface area contributed by atoms with E-state index in [2.05, 4.69) is 15.5 Å². The maximum atomic E-state index is 12.7. The van der Waals surface area contributed by atoms with E-state index in [-0.39, 0.29) is 11.5 Å².